The lowest BCUT2D eigenvalue weighted by molar-refractivity contribution is -0.138. The summed E-state index contributed by atoms with van der Waals surface area (Å²) in [6.07, 6.45) is 1.06. The molecule has 10 heteroatoms. The van der Waals surface area contributed by atoms with Crippen molar-refractivity contribution in [2.24, 2.45) is 5.92 Å². The number of rotatable bonds is 7. The normalized spacial score (nSPS) is 19.2. The maximum Gasteiger partial charge on any atom is 0.335 e. The highest BCUT2D eigenvalue weighted by Gasteiger charge is 2.54. The van der Waals surface area contributed by atoms with Crippen molar-refractivity contribution in [1.82, 2.24) is 15.5 Å². The van der Waals surface area contributed by atoms with Crippen LogP contribution in [0.2, 0.25) is 0 Å². The van der Waals surface area contributed by atoms with Gasteiger partial charge in [0, 0.05) is 18.8 Å². The summed E-state index contributed by atoms with van der Waals surface area (Å²) in [4.78, 5) is 54.6. The van der Waals surface area contributed by atoms with Crippen LogP contribution >= 0.6 is 0 Å². The third-order valence-electron chi connectivity index (χ3n) is 7.81. The highest BCUT2D eigenvalue weighted by atomic mass is 19.1. The number of likely N-dealkylation sites (tertiary alicyclic amines) is 1. The molecule has 39 heavy (non-hydrogen) atoms. The molecule has 2 aliphatic heterocycles. The van der Waals surface area contributed by atoms with Crippen LogP contribution in [-0.4, -0.2) is 64.5 Å². The Hall–Kier alpha value is -3.95. The van der Waals surface area contributed by atoms with Crippen molar-refractivity contribution in [3.05, 3.63) is 65.0 Å². The Morgan fingerprint density at radius 2 is 1.77 bits per heavy atom. The summed E-state index contributed by atoms with van der Waals surface area (Å²) in [7, 11) is 0. The number of anilines is 1. The molecule has 0 radical (unpaired) electrons. The van der Waals surface area contributed by atoms with Crippen LogP contribution in [0.4, 0.5) is 10.1 Å². The monoisotopic (exact) mass is 538 g/mol. The number of aromatic carboxylic acids is 1. The van der Waals surface area contributed by atoms with Gasteiger partial charge < -0.3 is 25.5 Å². The molecule has 4 rings (SSSR count). The molecular formula is C29H35FN4O5. The number of aryl methyl sites for hydroxylation is 1. The van der Waals surface area contributed by atoms with Gasteiger partial charge in [0.25, 0.3) is 5.91 Å². The summed E-state index contributed by atoms with van der Waals surface area (Å²) in [5.74, 6) is -2.96. The second-order valence-corrected chi connectivity index (χ2v) is 10.6. The van der Waals surface area contributed by atoms with Gasteiger partial charge in [-0.3, -0.25) is 14.4 Å². The number of carboxylic acids is 1. The maximum atomic E-state index is 14.4. The molecule has 2 heterocycles. The lowest BCUT2D eigenvalue weighted by atomic mass is 9.85. The summed E-state index contributed by atoms with van der Waals surface area (Å²) < 4.78 is 14.4. The van der Waals surface area contributed by atoms with Crippen LogP contribution < -0.4 is 15.5 Å². The molecule has 3 amide bonds. The van der Waals surface area contributed by atoms with Gasteiger partial charge in [-0.15, -0.1) is 0 Å². The molecule has 0 aromatic heterocycles. The zero-order valence-electron chi connectivity index (χ0n) is 22.7. The third kappa shape index (κ3) is 5.32. The van der Waals surface area contributed by atoms with Gasteiger partial charge in [0.05, 0.1) is 17.3 Å². The van der Waals surface area contributed by atoms with E-state index in [2.05, 4.69) is 10.6 Å². The van der Waals surface area contributed by atoms with E-state index in [0.717, 1.165) is 5.56 Å². The molecule has 2 atom stereocenters. The zero-order chi connectivity index (χ0) is 28.5. The van der Waals surface area contributed by atoms with Crippen molar-refractivity contribution in [3.8, 4) is 0 Å². The molecule has 2 aliphatic rings. The minimum Gasteiger partial charge on any atom is -0.478 e. The minimum atomic E-state index is -1.03. The van der Waals surface area contributed by atoms with E-state index < -0.39 is 29.3 Å². The van der Waals surface area contributed by atoms with Gasteiger partial charge >= 0.3 is 5.97 Å². The number of benzene rings is 2. The van der Waals surface area contributed by atoms with Crippen molar-refractivity contribution in [1.29, 1.82) is 0 Å². The average molecular weight is 539 g/mol. The molecule has 208 valence electrons. The first-order valence-corrected chi connectivity index (χ1v) is 13.3. The molecule has 9 nitrogen and oxygen atoms in total. The van der Waals surface area contributed by atoms with Crippen molar-refractivity contribution in [3.63, 3.8) is 0 Å². The topological polar surface area (TPSA) is 119 Å². The van der Waals surface area contributed by atoms with Crippen molar-refractivity contribution >= 4 is 29.4 Å². The Balaban J connectivity index is 1.50. The molecule has 2 saturated heterocycles. The van der Waals surface area contributed by atoms with Crippen LogP contribution in [0.5, 0.6) is 0 Å². The number of carbonyl (C=O) groups is 4. The van der Waals surface area contributed by atoms with E-state index in [0.29, 0.717) is 38.0 Å². The van der Waals surface area contributed by atoms with E-state index in [1.807, 2.05) is 32.6 Å². The molecular weight excluding hydrogens is 503 g/mol. The number of carbonyl (C=O) groups excluding carboxylic acids is 3. The van der Waals surface area contributed by atoms with Crippen molar-refractivity contribution in [2.45, 2.75) is 64.7 Å². The number of halogens is 1. The summed E-state index contributed by atoms with van der Waals surface area (Å²) in [5, 5.41) is 15.0. The average Bonchev–Trinajstić information content (AvgIpc) is 3.15. The van der Waals surface area contributed by atoms with Crippen LogP contribution in [0.25, 0.3) is 0 Å². The highest BCUT2D eigenvalue weighted by Crippen LogP contribution is 2.39. The number of nitrogens with one attached hydrogen (secondary N) is 2. The van der Waals surface area contributed by atoms with Crippen LogP contribution in [0.15, 0.2) is 42.5 Å². The number of nitrogens with zero attached hydrogens (tertiary/aromatic N) is 2. The van der Waals surface area contributed by atoms with Crippen molar-refractivity contribution < 1.29 is 28.7 Å². The second-order valence-electron chi connectivity index (χ2n) is 10.6. The molecule has 2 fully saturated rings. The molecule has 3 N–H and O–H groups in total. The second kappa shape index (κ2) is 11.0. The third-order valence-corrected chi connectivity index (χ3v) is 7.81. The maximum absolute atomic E-state index is 14.4. The lowest BCUT2D eigenvalue weighted by Crippen LogP contribution is -2.60. The number of piperidine rings is 1. The van der Waals surface area contributed by atoms with Gasteiger partial charge in [0.15, 0.2) is 0 Å². The van der Waals surface area contributed by atoms with E-state index in [4.69, 9.17) is 0 Å². The van der Waals surface area contributed by atoms with Gasteiger partial charge in [0.2, 0.25) is 11.8 Å². The number of hydrogen-bond donors (Lipinski definition) is 3. The first-order chi connectivity index (χ1) is 18.5. The van der Waals surface area contributed by atoms with E-state index in [1.165, 1.54) is 24.3 Å². The smallest absolute Gasteiger partial charge is 0.335 e. The standard InChI is InChI=1S/C29H35FN4O5/c1-5-19-6-11-23(30)22(16-19)25(35)32-24(17(2)3)26(36)33-14-12-29(13-15-33)28(39)31-18(4)34(29)21-9-7-20(8-10-21)27(37)38/h6-11,16-18,24H,5,12-15H2,1-4H3,(H,31,39)(H,32,35)(H,37,38)/t18-,24-/m1/s1. The van der Waals surface area contributed by atoms with Crippen LogP contribution in [0, 0.1) is 11.7 Å². The molecule has 1 spiro atoms. The Kier molecular flexibility index (Phi) is 7.94. The van der Waals surface area contributed by atoms with Gasteiger partial charge in [-0.05, 0) is 74.1 Å². The predicted octanol–water partition coefficient (Wildman–Crippen LogP) is 3.18. The zero-order valence-corrected chi connectivity index (χ0v) is 22.7. The lowest BCUT2D eigenvalue weighted by Gasteiger charge is -2.45. The van der Waals surface area contributed by atoms with E-state index in [1.54, 1.807) is 23.1 Å². The fraction of sp³-hybridized carbons (Fsp3) is 0.448. The van der Waals surface area contributed by atoms with Crippen molar-refractivity contribution in [2.75, 3.05) is 18.0 Å². The summed E-state index contributed by atoms with van der Waals surface area (Å²) >= 11 is 0. The highest BCUT2D eigenvalue weighted by molar-refractivity contribution is 5.98. The first-order valence-electron chi connectivity index (χ1n) is 13.3. The van der Waals surface area contributed by atoms with Gasteiger partial charge in [-0.25, -0.2) is 9.18 Å². The molecule has 0 aliphatic carbocycles. The molecule has 0 saturated carbocycles. The van der Waals surface area contributed by atoms with Crippen LogP contribution in [0.3, 0.4) is 0 Å². The first kappa shape index (κ1) is 28.1. The SMILES string of the molecule is CCc1ccc(F)c(C(=O)N[C@@H](C(=O)N2CCC3(CC2)C(=O)N[C@@H](C)N3c2ccc(C(=O)O)cc2)C(C)C)c1. The molecule has 0 bridgehead atoms. The Morgan fingerprint density at radius 3 is 2.33 bits per heavy atom. The number of amides is 3. The molecule has 2 aromatic carbocycles. The fourth-order valence-electron chi connectivity index (χ4n) is 5.56. The Labute approximate surface area is 227 Å². The summed E-state index contributed by atoms with van der Waals surface area (Å²) in [6.45, 7) is 8.01. The van der Waals surface area contributed by atoms with Crippen LogP contribution in [-0.2, 0) is 16.0 Å². The molecule has 0 unspecified atom stereocenters. The number of hydrogen-bond acceptors (Lipinski definition) is 5. The fourth-order valence-corrected chi connectivity index (χ4v) is 5.56. The van der Waals surface area contributed by atoms with E-state index in [-0.39, 0.29) is 35.0 Å². The van der Waals surface area contributed by atoms with E-state index >= 15 is 0 Å². The molecule has 2 aromatic rings. The summed E-state index contributed by atoms with van der Waals surface area (Å²) in [5.41, 5.74) is 0.714. The Bertz CT molecular complexity index is 1270. The van der Waals surface area contributed by atoms with Gasteiger partial charge in [-0.1, -0.05) is 26.8 Å². The van der Waals surface area contributed by atoms with Gasteiger partial charge in [0.1, 0.15) is 17.4 Å². The largest absolute Gasteiger partial charge is 0.478 e. The number of carboxylic acid groups (broad SMARTS) is 1. The van der Waals surface area contributed by atoms with E-state index in [9.17, 15) is 28.7 Å². The summed E-state index contributed by atoms with van der Waals surface area (Å²) in [6, 6.07) is 9.95. The van der Waals surface area contributed by atoms with Gasteiger partial charge in [-0.2, -0.15) is 0 Å². The quantitative estimate of drug-likeness (QED) is 0.498. The predicted molar refractivity (Wildman–Crippen MR) is 144 cm³/mol. The minimum absolute atomic E-state index is 0.0911. The Morgan fingerprint density at radius 1 is 1.13 bits per heavy atom. The van der Waals surface area contributed by atoms with Crippen LogP contribution in [0.1, 0.15) is 66.8 Å².